The molecular formula is C9H19N3O2. The summed E-state index contributed by atoms with van der Waals surface area (Å²) in [5.41, 5.74) is 5.37. The van der Waals surface area contributed by atoms with Gasteiger partial charge in [0.05, 0.1) is 6.04 Å². The average Bonchev–Trinajstić information content (AvgIpc) is 2.13. The predicted octanol–water partition coefficient (Wildman–Crippen LogP) is -0.635. The van der Waals surface area contributed by atoms with Crippen LogP contribution in [0.2, 0.25) is 0 Å². The predicted molar refractivity (Wildman–Crippen MR) is 54.6 cm³/mol. The third-order valence-electron chi connectivity index (χ3n) is 1.73. The minimum absolute atomic E-state index is 0.0214. The Bertz CT molecular complexity index is 204. The summed E-state index contributed by atoms with van der Waals surface area (Å²) in [5, 5.41) is 5.36. The molecule has 14 heavy (non-hydrogen) atoms. The smallest absolute Gasteiger partial charge is 0.236 e. The van der Waals surface area contributed by atoms with Crippen molar-refractivity contribution in [1.29, 1.82) is 0 Å². The summed E-state index contributed by atoms with van der Waals surface area (Å²) in [6.45, 7) is 5.65. The fraction of sp³-hybridized carbons (Fsp3) is 0.778. The molecule has 0 aromatic rings. The van der Waals surface area contributed by atoms with Gasteiger partial charge in [-0.15, -0.1) is 0 Å². The van der Waals surface area contributed by atoms with Crippen molar-refractivity contribution in [1.82, 2.24) is 10.6 Å². The summed E-state index contributed by atoms with van der Waals surface area (Å²) in [6.07, 6.45) is 0.452. The third kappa shape index (κ3) is 5.53. The van der Waals surface area contributed by atoms with Gasteiger partial charge in [-0.3, -0.25) is 9.59 Å². The fourth-order valence-electron chi connectivity index (χ4n) is 0.817. The minimum Gasteiger partial charge on any atom is -0.354 e. The van der Waals surface area contributed by atoms with E-state index in [0.717, 1.165) is 0 Å². The number of carbonyl (C=O) groups excluding carboxylic acids is 2. The molecular weight excluding hydrogens is 182 g/mol. The van der Waals surface area contributed by atoms with E-state index in [9.17, 15) is 9.59 Å². The standard InChI is InChI=1S/C9H19N3O2/c1-4-8(13)11-5-6(2)12-9(14)7(3)10/h6-7H,4-5,10H2,1-3H3,(H,11,13)(H,12,14). The first-order valence-electron chi connectivity index (χ1n) is 4.80. The van der Waals surface area contributed by atoms with Gasteiger partial charge in [0, 0.05) is 19.0 Å². The van der Waals surface area contributed by atoms with Crippen molar-refractivity contribution in [3.63, 3.8) is 0 Å². The van der Waals surface area contributed by atoms with Crippen LogP contribution in [0.1, 0.15) is 27.2 Å². The van der Waals surface area contributed by atoms with E-state index in [1.165, 1.54) is 0 Å². The van der Waals surface area contributed by atoms with E-state index in [2.05, 4.69) is 10.6 Å². The van der Waals surface area contributed by atoms with Gasteiger partial charge in [0.25, 0.3) is 0 Å². The molecule has 0 heterocycles. The lowest BCUT2D eigenvalue weighted by Crippen LogP contribution is -2.47. The van der Waals surface area contributed by atoms with Crippen LogP contribution in [0.4, 0.5) is 0 Å². The van der Waals surface area contributed by atoms with Gasteiger partial charge in [-0.1, -0.05) is 6.92 Å². The van der Waals surface area contributed by atoms with Gasteiger partial charge in [0.1, 0.15) is 0 Å². The van der Waals surface area contributed by atoms with Crippen molar-refractivity contribution in [2.45, 2.75) is 39.3 Å². The first-order chi connectivity index (χ1) is 6.47. The van der Waals surface area contributed by atoms with E-state index in [4.69, 9.17) is 5.73 Å². The Morgan fingerprint density at radius 1 is 1.36 bits per heavy atom. The molecule has 82 valence electrons. The normalized spacial score (nSPS) is 14.3. The van der Waals surface area contributed by atoms with Gasteiger partial charge < -0.3 is 16.4 Å². The average molecular weight is 201 g/mol. The summed E-state index contributed by atoms with van der Waals surface area (Å²) in [5.74, 6) is -0.227. The van der Waals surface area contributed by atoms with Crippen molar-refractivity contribution in [3.05, 3.63) is 0 Å². The van der Waals surface area contributed by atoms with E-state index in [1.807, 2.05) is 6.92 Å². The van der Waals surface area contributed by atoms with E-state index in [1.54, 1.807) is 13.8 Å². The maximum atomic E-state index is 11.1. The molecule has 0 bridgehead atoms. The zero-order chi connectivity index (χ0) is 11.1. The Balaban J connectivity index is 3.70. The molecule has 2 amide bonds. The first kappa shape index (κ1) is 12.9. The highest BCUT2D eigenvalue weighted by molar-refractivity contribution is 5.81. The molecule has 2 unspecified atom stereocenters. The van der Waals surface area contributed by atoms with E-state index >= 15 is 0 Å². The molecule has 0 saturated heterocycles. The van der Waals surface area contributed by atoms with E-state index in [0.29, 0.717) is 13.0 Å². The second-order valence-electron chi connectivity index (χ2n) is 3.36. The zero-order valence-corrected chi connectivity index (χ0v) is 8.96. The maximum absolute atomic E-state index is 11.1. The van der Waals surface area contributed by atoms with Gasteiger partial charge in [0.15, 0.2) is 0 Å². The lowest BCUT2D eigenvalue weighted by Gasteiger charge is -2.15. The molecule has 5 heteroatoms. The van der Waals surface area contributed by atoms with Crippen LogP contribution >= 0.6 is 0 Å². The molecule has 0 fully saturated rings. The molecule has 0 radical (unpaired) electrons. The fourth-order valence-corrected chi connectivity index (χ4v) is 0.817. The maximum Gasteiger partial charge on any atom is 0.236 e. The monoisotopic (exact) mass is 201 g/mol. The molecule has 0 rings (SSSR count). The van der Waals surface area contributed by atoms with Crippen LogP contribution in [0.5, 0.6) is 0 Å². The highest BCUT2D eigenvalue weighted by Gasteiger charge is 2.11. The van der Waals surface area contributed by atoms with E-state index in [-0.39, 0.29) is 17.9 Å². The molecule has 0 aromatic carbocycles. The van der Waals surface area contributed by atoms with Crippen LogP contribution in [0, 0.1) is 0 Å². The van der Waals surface area contributed by atoms with Crippen LogP contribution in [0.25, 0.3) is 0 Å². The molecule has 2 atom stereocenters. The Hall–Kier alpha value is -1.10. The number of rotatable bonds is 5. The molecule has 0 spiro atoms. The summed E-state index contributed by atoms with van der Waals surface area (Å²) in [6, 6.07) is -0.608. The number of carbonyl (C=O) groups is 2. The summed E-state index contributed by atoms with van der Waals surface area (Å²) >= 11 is 0. The number of amides is 2. The molecule has 0 aliphatic rings. The molecule has 0 aromatic heterocycles. The summed E-state index contributed by atoms with van der Waals surface area (Å²) in [7, 11) is 0. The largest absolute Gasteiger partial charge is 0.354 e. The summed E-state index contributed by atoms with van der Waals surface area (Å²) < 4.78 is 0. The lowest BCUT2D eigenvalue weighted by atomic mass is 10.2. The van der Waals surface area contributed by atoms with Crippen LogP contribution in [0.15, 0.2) is 0 Å². The molecule has 0 aliphatic carbocycles. The SMILES string of the molecule is CCC(=O)NCC(C)NC(=O)C(C)N. The topological polar surface area (TPSA) is 84.2 Å². The van der Waals surface area contributed by atoms with Gasteiger partial charge in [-0.25, -0.2) is 0 Å². The molecule has 0 saturated carbocycles. The van der Waals surface area contributed by atoms with E-state index < -0.39 is 6.04 Å². The molecule has 4 N–H and O–H groups in total. The van der Waals surface area contributed by atoms with Crippen molar-refractivity contribution >= 4 is 11.8 Å². The Morgan fingerprint density at radius 3 is 2.36 bits per heavy atom. The van der Waals surface area contributed by atoms with Gasteiger partial charge in [-0.2, -0.15) is 0 Å². The Labute approximate surface area is 84.4 Å². The number of hydrogen-bond donors (Lipinski definition) is 3. The number of nitrogens with two attached hydrogens (primary N) is 1. The zero-order valence-electron chi connectivity index (χ0n) is 8.96. The van der Waals surface area contributed by atoms with Gasteiger partial charge in [0.2, 0.25) is 11.8 Å². The van der Waals surface area contributed by atoms with Crippen molar-refractivity contribution in [2.24, 2.45) is 5.73 Å². The second kappa shape index (κ2) is 6.37. The van der Waals surface area contributed by atoms with Gasteiger partial charge >= 0.3 is 0 Å². The number of nitrogens with one attached hydrogen (secondary N) is 2. The van der Waals surface area contributed by atoms with Crippen molar-refractivity contribution in [2.75, 3.05) is 6.54 Å². The Morgan fingerprint density at radius 2 is 1.93 bits per heavy atom. The Kier molecular flexibility index (Phi) is 5.87. The van der Waals surface area contributed by atoms with Crippen LogP contribution < -0.4 is 16.4 Å². The lowest BCUT2D eigenvalue weighted by molar-refractivity contribution is -0.124. The number of hydrogen-bond acceptors (Lipinski definition) is 3. The second-order valence-corrected chi connectivity index (χ2v) is 3.36. The minimum atomic E-state index is -0.515. The quantitative estimate of drug-likeness (QED) is 0.553. The summed E-state index contributed by atoms with van der Waals surface area (Å²) in [4.78, 5) is 22.0. The molecule has 0 aliphatic heterocycles. The van der Waals surface area contributed by atoms with Crippen molar-refractivity contribution in [3.8, 4) is 0 Å². The van der Waals surface area contributed by atoms with Crippen LogP contribution in [0.3, 0.4) is 0 Å². The molecule has 5 nitrogen and oxygen atoms in total. The third-order valence-corrected chi connectivity index (χ3v) is 1.73. The van der Waals surface area contributed by atoms with Crippen LogP contribution in [-0.2, 0) is 9.59 Å². The highest BCUT2D eigenvalue weighted by atomic mass is 16.2. The highest BCUT2D eigenvalue weighted by Crippen LogP contribution is 1.83. The van der Waals surface area contributed by atoms with Crippen LogP contribution in [-0.4, -0.2) is 30.4 Å². The first-order valence-corrected chi connectivity index (χ1v) is 4.80. The van der Waals surface area contributed by atoms with Gasteiger partial charge in [-0.05, 0) is 13.8 Å². The van der Waals surface area contributed by atoms with Crippen molar-refractivity contribution < 1.29 is 9.59 Å².